The van der Waals surface area contributed by atoms with Gasteiger partial charge in [-0.1, -0.05) is 6.92 Å². The topological polar surface area (TPSA) is 38.7 Å². The van der Waals surface area contributed by atoms with Gasteiger partial charge in [-0.15, -0.1) is 0 Å². The molecule has 0 amide bonds. The van der Waals surface area contributed by atoms with Crippen molar-refractivity contribution in [2.24, 2.45) is 0 Å². The van der Waals surface area contributed by atoms with E-state index in [0.717, 1.165) is 12.2 Å². The second-order valence-corrected chi connectivity index (χ2v) is 2.95. The van der Waals surface area contributed by atoms with Gasteiger partial charge in [0.15, 0.2) is 3.83 Å². The molecule has 0 aromatic carbocycles. The quantitative estimate of drug-likeness (QED) is 0.728. The number of nitrogens with zero attached hydrogens (tertiary/aromatic N) is 3. The maximum atomic E-state index is 5.56. The molecule has 0 saturated carbocycles. The zero-order valence-electron chi connectivity index (χ0n) is 5.30. The van der Waals surface area contributed by atoms with Gasteiger partial charge in [-0.25, -0.2) is 9.97 Å². The monoisotopic (exact) mass is 269 g/mol. The smallest absolute Gasteiger partial charge is 0.208 e. The van der Waals surface area contributed by atoms with Crippen molar-refractivity contribution in [2.45, 2.75) is 13.3 Å². The van der Waals surface area contributed by atoms with Gasteiger partial charge < -0.3 is 0 Å². The van der Waals surface area contributed by atoms with E-state index in [1.807, 2.05) is 29.5 Å². The summed E-state index contributed by atoms with van der Waals surface area (Å²) in [4.78, 5) is 11.7. The van der Waals surface area contributed by atoms with Crippen LogP contribution >= 0.6 is 34.2 Å². The number of halogens is 2. The van der Waals surface area contributed by atoms with E-state index in [2.05, 4.69) is 15.0 Å². The first-order valence-electron chi connectivity index (χ1n) is 2.78. The Morgan fingerprint density at radius 3 is 2.60 bits per heavy atom. The molecule has 0 bridgehead atoms. The van der Waals surface area contributed by atoms with Crippen molar-refractivity contribution in [1.82, 2.24) is 15.0 Å². The lowest BCUT2D eigenvalue weighted by molar-refractivity contribution is 0.875. The average Bonchev–Trinajstić information content (AvgIpc) is 1.85. The molecule has 0 aliphatic rings. The standard InChI is InChI=1S/C5H5ClIN3/c1-2-3-8-4(6)10-5(7)9-3/h2H2,1H3. The predicted octanol–water partition coefficient (Wildman–Crippen LogP) is 1.69. The molecule has 0 N–H and O–H groups in total. The molecule has 0 spiro atoms. The fourth-order valence-electron chi connectivity index (χ4n) is 0.522. The molecule has 54 valence electrons. The molecule has 0 saturated heterocycles. The highest BCUT2D eigenvalue weighted by Crippen LogP contribution is 2.03. The average molecular weight is 269 g/mol. The highest BCUT2D eigenvalue weighted by molar-refractivity contribution is 14.1. The molecule has 1 rings (SSSR count). The lowest BCUT2D eigenvalue weighted by Crippen LogP contribution is -1.98. The maximum Gasteiger partial charge on any atom is 0.226 e. The third-order valence-electron chi connectivity index (χ3n) is 0.943. The third-order valence-corrected chi connectivity index (χ3v) is 1.59. The third kappa shape index (κ3) is 2.02. The van der Waals surface area contributed by atoms with E-state index in [1.54, 1.807) is 0 Å². The molecule has 5 heteroatoms. The minimum Gasteiger partial charge on any atom is -0.208 e. The van der Waals surface area contributed by atoms with Crippen molar-refractivity contribution in [3.05, 3.63) is 14.9 Å². The Morgan fingerprint density at radius 1 is 1.40 bits per heavy atom. The van der Waals surface area contributed by atoms with E-state index in [0.29, 0.717) is 3.83 Å². The molecule has 1 aromatic rings. The van der Waals surface area contributed by atoms with Crippen molar-refractivity contribution in [3.63, 3.8) is 0 Å². The minimum atomic E-state index is 0.274. The molecule has 0 unspecified atom stereocenters. The van der Waals surface area contributed by atoms with Crippen LogP contribution in [0.1, 0.15) is 12.7 Å². The molecule has 0 fully saturated rings. The van der Waals surface area contributed by atoms with E-state index in [-0.39, 0.29) is 5.28 Å². The van der Waals surface area contributed by atoms with Gasteiger partial charge >= 0.3 is 0 Å². The van der Waals surface area contributed by atoms with Crippen LogP contribution in [0.2, 0.25) is 5.28 Å². The van der Waals surface area contributed by atoms with E-state index < -0.39 is 0 Å². The van der Waals surface area contributed by atoms with Crippen LogP contribution in [0.5, 0.6) is 0 Å². The molecular formula is C5H5ClIN3. The lowest BCUT2D eigenvalue weighted by Gasteiger charge is -1.94. The SMILES string of the molecule is CCc1nc(Cl)nc(I)n1. The van der Waals surface area contributed by atoms with Crippen molar-refractivity contribution in [3.8, 4) is 0 Å². The second-order valence-electron chi connectivity index (χ2n) is 1.64. The van der Waals surface area contributed by atoms with E-state index in [4.69, 9.17) is 11.6 Å². The molecule has 0 aliphatic heterocycles. The summed E-state index contributed by atoms with van der Waals surface area (Å²) in [5.41, 5.74) is 0. The fourth-order valence-corrected chi connectivity index (χ4v) is 1.35. The van der Waals surface area contributed by atoms with Crippen LogP contribution < -0.4 is 0 Å². The Bertz CT molecular complexity index is 220. The number of rotatable bonds is 1. The lowest BCUT2D eigenvalue weighted by atomic mass is 10.5. The molecule has 10 heavy (non-hydrogen) atoms. The molecule has 3 nitrogen and oxygen atoms in total. The van der Waals surface area contributed by atoms with Gasteiger partial charge in [0.2, 0.25) is 5.28 Å². The first kappa shape index (κ1) is 8.13. The van der Waals surface area contributed by atoms with Crippen molar-refractivity contribution in [1.29, 1.82) is 0 Å². The van der Waals surface area contributed by atoms with E-state index >= 15 is 0 Å². The summed E-state index contributed by atoms with van der Waals surface area (Å²) >= 11 is 7.57. The predicted molar refractivity (Wildman–Crippen MR) is 46.9 cm³/mol. The first-order valence-corrected chi connectivity index (χ1v) is 4.24. The Labute approximate surface area is 77.4 Å². The van der Waals surface area contributed by atoms with Crippen LogP contribution in [0.3, 0.4) is 0 Å². The highest BCUT2D eigenvalue weighted by Gasteiger charge is 1.98. The highest BCUT2D eigenvalue weighted by atomic mass is 127. The number of aryl methyl sites for hydroxylation is 1. The van der Waals surface area contributed by atoms with Crippen LogP contribution in [0.15, 0.2) is 0 Å². The van der Waals surface area contributed by atoms with Crippen LogP contribution in [-0.4, -0.2) is 15.0 Å². The summed E-state index contributed by atoms with van der Waals surface area (Å²) in [5.74, 6) is 0.740. The van der Waals surface area contributed by atoms with Gasteiger partial charge in [0.05, 0.1) is 0 Å². The van der Waals surface area contributed by atoms with Gasteiger partial charge in [0, 0.05) is 29.0 Å². The Morgan fingerprint density at radius 2 is 2.10 bits per heavy atom. The van der Waals surface area contributed by atoms with Gasteiger partial charge in [-0.3, -0.25) is 0 Å². The molecule has 1 heterocycles. The van der Waals surface area contributed by atoms with Crippen LogP contribution in [0, 0.1) is 3.83 Å². The van der Waals surface area contributed by atoms with Crippen LogP contribution in [0.25, 0.3) is 0 Å². The molecule has 0 aliphatic carbocycles. The van der Waals surface area contributed by atoms with E-state index in [1.165, 1.54) is 0 Å². The summed E-state index contributed by atoms with van der Waals surface area (Å²) in [6, 6.07) is 0. The largest absolute Gasteiger partial charge is 0.226 e. The normalized spacial score (nSPS) is 9.90. The van der Waals surface area contributed by atoms with Gasteiger partial charge in [0.1, 0.15) is 5.82 Å². The Kier molecular flexibility index (Phi) is 2.79. The molecular weight excluding hydrogens is 264 g/mol. The van der Waals surface area contributed by atoms with Crippen molar-refractivity contribution < 1.29 is 0 Å². The fraction of sp³-hybridized carbons (Fsp3) is 0.400. The van der Waals surface area contributed by atoms with Gasteiger partial charge in [0.25, 0.3) is 0 Å². The summed E-state index contributed by atoms with van der Waals surface area (Å²) in [6.07, 6.45) is 0.790. The minimum absolute atomic E-state index is 0.274. The number of hydrogen-bond acceptors (Lipinski definition) is 3. The zero-order valence-corrected chi connectivity index (χ0v) is 8.22. The molecule has 0 atom stereocenters. The van der Waals surface area contributed by atoms with E-state index in [9.17, 15) is 0 Å². The molecule has 0 radical (unpaired) electrons. The summed E-state index contributed by atoms with van der Waals surface area (Å²) in [5, 5.41) is 0.274. The van der Waals surface area contributed by atoms with Crippen LogP contribution in [-0.2, 0) is 6.42 Å². The zero-order chi connectivity index (χ0) is 7.56. The Hall–Kier alpha value is 0.0300. The van der Waals surface area contributed by atoms with Gasteiger partial charge in [-0.2, -0.15) is 4.98 Å². The van der Waals surface area contributed by atoms with Gasteiger partial charge in [-0.05, 0) is 11.6 Å². The van der Waals surface area contributed by atoms with Crippen molar-refractivity contribution in [2.75, 3.05) is 0 Å². The summed E-state index contributed by atoms with van der Waals surface area (Å²) in [6.45, 7) is 1.97. The number of aromatic nitrogens is 3. The summed E-state index contributed by atoms with van der Waals surface area (Å²) in [7, 11) is 0. The van der Waals surface area contributed by atoms with Crippen LogP contribution in [0.4, 0.5) is 0 Å². The number of hydrogen-bond donors (Lipinski definition) is 0. The first-order chi connectivity index (χ1) is 4.72. The Balaban J connectivity index is 3.06. The second kappa shape index (κ2) is 3.43. The maximum absolute atomic E-state index is 5.56. The summed E-state index contributed by atoms with van der Waals surface area (Å²) < 4.78 is 0.648. The van der Waals surface area contributed by atoms with Crippen molar-refractivity contribution >= 4 is 34.2 Å². The molecule has 1 aromatic heterocycles.